The van der Waals surface area contributed by atoms with E-state index in [1.165, 1.54) is 29.4 Å². The molecular formula is C15H12N2O4. The summed E-state index contributed by atoms with van der Waals surface area (Å²) in [6.45, 7) is 0.687. The average molecular weight is 284 g/mol. The van der Waals surface area contributed by atoms with Crippen molar-refractivity contribution in [2.45, 2.75) is 13.1 Å². The molecule has 0 saturated carbocycles. The fourth-order valence-electron chi connectivity index (χ4n) is 2.42. The van der Waals surface area contributed by atoms with Crippen LogP contribution in [-0.2, 0) is 13.1 Å². The van der Waals surface area contributed by atoms with Crippen LogP contribution in [0.2, 0.25) is 0 Å². The summed E-state index contributed by atoms with van der Waals surface area (Å²) in [5.41, 5.74) is 1.65. The van der Waals surface area contributed by atoms with Crippen molar-refractivity contribution in [3.63, 3.8) is 0 Å². The topological polar surface area (TPSA) is 90.5 Å². The lowest BCUT2D eigenvalue weighted by Gasteiger charge is -2.14. The summed E-state index contributed by atoms with van der Waals surface area (Å²) in [5, 5.41) is 8.98. The molecule has 3 rings (SSSR count). The number of aromatic amines is 1. The highest BCUT2D eigenvalue weighted by molar-refractivity contribution is 5.94. The predicted octanol–water partition coefficient (Wildman–Crippen LogP) is 1.23. The first kappa shape index (κ1) is 13.1. The van der Waals surface area contributed by atoms with Crippen molar-refractivity contribution < 1.29 is 14.7 Å². The number of nitrogens with zero attached hydrogens (tertiary/aromatic N) is 1. The molecule has 0 aliphatic carbocycles. The maximum Gasteiger partial charge on any atom is 0.335 e. The summed E-state index contributed by atoms with van der Waals surface area (Å²) >= 11 is 0. The van der Waals surface area contributed by atoms with Crippen LogP contribution in [0.1, 0.15) is 31.8 Å². The molecule has 6 nitrogen and oxygen atoms in total. The SMILES string of the molecule is O=C(O)c1ccc2c(c1)CN(C(=O)c1c[nH]ccc1=O)C2. The number of H-pyrrole nitrogens is 1. The van der Waals surface area contributed by atoms with E-state index in [0.717, 1.165) is 11.1 Å². The van der Waals surface area contributed by atoms with E-state index in [0.29, 0.717) is 13.1 Å². The first-order valence-corrected chi connectivity index (χ1v) is 6.38. The normalized spacial score (nSPS) is 13.0. The van der Waals surface area contributed by atoms with Crippen LogP contribution in [0.3, 0.4) is 0 Å². The van der Waals surface area contributed by atoms with Crippen LogP contribution < -0.4 is 5.43 Å². The highest BCUT2D eigenvalue weighted by Crippen LogP contribution is 2.24. The van der Waals surface area contributed by atoms with Gasteiger partial charge in [-0.3, -0.25) is 9.59 Å². The molecule has 2 N–H and O–H groups in total. The summed E-state index contributed by atoms with van der Waals surface area (Å²) in [6, 6.07) is 6.10. The van der Waals surface area contributed by atoms with Gasteiger partial charge < -0.3 is 15.0 Å². The Bertz CT molecular complexity index is 794. The molecule has 1 aliphatic heterocycles. The number of benzene rings is 1. The molecule has 2 aromatic rings. The van der Waals surface area contributed by atoms with Crippen molar-refractivity contribution in [3.8, 4) is 0 Å². The van der Waals surface area contributed by atoms with Gasteiger partial charge in [0.2, 0.25) is 0 Å². The zero-order valence-corrected chi connectivity index (χ0v) is 11.0. The van der Waals surface area contributed by atoms with E-state index in [9.17, 15) is 14.4 Å². The van der Waals surface area contributed by atoms with Gasteiger partial charge in [0.15, 0.2) is 5.43 Å². The van der Waals surface area contributed by atoms with Crippen LogP contribution in [0.25, 0.3) is 0 Å². The maximum atomic E-state index is 12.3. The van der Waals surface area contributed by atoms with E-state index in [-0.39, 0.29) is 22.5 Å². The molecule has 2 heterocycles. The number of aromatic nitrogens is 1. The number of carbonyl (C=O) groups excluding carboxylic acids is 1. The van der Waals surface area contributed by atoms with E-state index in [2.05, 4.69) is 4.98 Å². The van der Waals surface area contributed by atoms with Crippen molar-refractivity contribution in [1.29, 1.82) is 0 Å². The van der Waals surface area contributed by atoms with Gasteiger partial charge in [0, 0.05) is 31.5 Å². The quantitative estimate of drug-likeness (QED) is 0.867. The monoisotopic (exact) mass is 284 g/mol. The summed E-state index contributed by atoms with van der Waals surface area (Å²) in [7, 11) is 0. The van der Waals surface area contributed by atoms with Crippen LogP contribution >= 0.6 is 0 Å². The second kappa shape index (κ2) is 4.90. The van der Waals surface area contributed by atoms with Crippen molar-refractivity contribution in [2.75, 3.05) is 0 Å². The largest absolute Gasteiger partial charge is 0.478 e. The smallest absolute Gasteiger partial charge is 0.335 e. The van der Waals surface area contributed by atoms with Gasteiger partial charge in [-0.05, 0) is 23.3 Å². The molecule has 0 atom stereocenters. The summed E-state index contributed by atoms with van der Waals surface area (Å²) in [5.74, 6) is -1.35. The van der Waals surface area contributed by atoms with Gasteiger partial charge in [-0.2, -0.15) is 0 Å². The number of carbonyl (C=O) groups is 2. The summed E-state index contributed by atoms with van der Waals surface area (Å²) < 4.78 is 0. The number of hydrogen-bond acceptors (Lipinski definition) is 3. The number of fused-ring (bicyclic) bond motifs is 1. The molecule has 0 radical (unpaired) electrons. The first-order valence-electron chi connectivity index (χ1n) is 6.38. The number of hydrogen-bond donors (Lipinski definition) is 2. The standard InChI is InChI=1S/C15H12N2O4/c18-13-3-4-16-6-12(13)14(19)17-7-10-2-1-9(15(20)21)5-11(10)8-17/h1-6H,7-8H2,(H,16,18)(H,20,21). The number of nitrogens with one attached hydrogen (secondary N) is 1. The molecular weight excluding hydrogens is 272 g/mol. The molecule has 1 aliphatic rings. The van der Waals surface area contributed by atoms with Crippen molar-refractivity contribution >= 4 is 11.9 Å². The highest BCUT2D eigenvalue weighted by atomic mass is 16.4. The van der Waals surface area contributed by atoms with E-state index in [1.54, 1.807) is 12.1 Å². The second-order valence-electron chi connectivity index (χ2n) is 4.87. The molecule has 106 valence electrons. The minimum atomic E-state index is -0.998. The zero-order valence-electron chi connectivity index (χ0n) is 11.0. The zero-order chi connectivity index (χ0) is 15.0. The lowest BCUT2D eigenvalue weighted by atomic mass is 10.1. The third-order valence-corrected chi connectivity index (χ3v) is 3.52. The average Bonchev–Trinajstić information content (AvgIpc) is 2.89. The Morgan fingerprint density at radius 1 is 1.14 bits per heavy atom. The minimum absolute atomic E-state index is 0.0868. The van der Waals surface area contributed by atoms with Crippen LogP contribution in [0.5, 0.6) is 0 Å². The van der Waals surface area contributed by atoms with Crippen LogP contribution in [0.4, 0.5) is 0 Å². The maximum absolute atomic E-state index is 12.3. The van der Waals surface area contributed by atoms with Gasteiger partial charge in [0.25, 0.3) is 5.91 Å². The van der Waals surface area contributed by atoms with E-state index in [4.69, 9.17) is 5.11 Å². The summed E-state index contributed by atoms with van der Waals surface area (Å²) in [6.07, 6.45) is 2.85. The molecule has 0 saturated heterocycles. The molecule has 1 aromatic heterocycles. The number of rotatable bonds is 2. The van der Waals surface area contributed by atoms with Crippen LogP contribution in [0.15, 0.2) is 41.5 Å². The van der Waals surface area contributed by atoms with Gasteiger partial charge in [0.1, 0.15) is 5.56 Å². The van der Waals surface area contributed by atoms with Crippen LogP contribution in [0, 0.1) is 0 Å². The lowest BCUT2D eigenvalue weighted by molar-refractivity contribution is 0.0696. The van der Waals surface area contributed by atoms with Gasteiger partial charge in [-0.25, -0.2) is 4.79 Å². The minimum Gasteiger partial charge on any atom is -0.478 e. The Labute approximate surface area is 119 Å². The Morgan fingerprint density at radius 3 is 2.62 bits per heavy atom. The molecule has 1 aromatic carbocycles. The van der Waals surface area contributed by atoms with Crippen molar-refractivity contribution in [1.82, 2.24) is 9.88 Å². The summed E-state index contributed by atoms with van der Waals surface area (Å²) in [4.78, 5) is 39.2. The number of amides is 1. The fraction of sp³-hybridized carbons (Fsp3) is 0.133. The Balaban J connectivity index is 1.88. The molecule has 21 heavy (non-hydrogen) atoms. The number of carboxylic acids is 1. The van der Waals surface area contributed by atoms with Gasteiger partial charge in [-0.1, -0.05) is 6.07 Å². The van der Waals surface area contributed by atoms with Gasteiger partial charge >= 0.3 is 5.97 Å². The van der Waals surface area contributed by atoms with Crippen molar-refractivity contribution in [3.05, 3.63) is 69.1 Å². The van der Waals surface area contributed by atoms with E-state index in [1.807, 2.05) is 0 Å². The first-order chi connectivity index (χ1) is 10.1. The predicted molar refractivity (Wildman–Crippen MR) is 74.0 cm³/mol. The molecule has 0 fully saturated rings. The Morgan fingerprint density at radius 2 is 1.90 bits per heavy atom. The highest BCUT2D eigenvalue weighted by Gasteiger charge is 2.26. The van der Waals surface area contributed by atoms with Gasteiger partial charge in [-0.15, -0.1) is 0 Å². The van der Waals surface area contributed by atoms with Crippen molar-refractivity contribution in [2.24, 2.45) is 0 Å². The third-order valence-electron chi connectivity index (χ3n) is 3.52. The number of carboxylic acid groups (broad SMARTS) is 1. The third kappa shape index (κ3) is 2.31. The molecule has 6 heteroatoms. The number of pyridine rings is 1. The van der Waals surface area contributed by atoms with E-state index >= 15 is 0 Å². The van der Waals surface area contributed by atoms with Gasteiger partial charge in [0.05, 0.1) is 5.56 Å². The second-order valence-corrected chi connectivity index (χ2v) is 4.87. The lowest BCUT2D eigenvalue weighted by Crippen LogP contribution is -2.29. The van der Waals surface area contributed by atoms with E-state index < -0.39 is 5.97 Å². The number of aromatic carboxylic acids is 1. The Hall–Kier alpha value is -2.89. The molecule has 0 bridgehead atoms. The van der Waals surface area contributed by atoms with Crippen LogP contribution in [-0.4, -0.2) is 26.9 Å². The molecule has 1 amide bonds. The Kier molecular flexibility index (Phi) is 3.06. The fourth-order valence-corrected chi connectivity index (χ4v) is 2.42. The molecule has 0 unspecified atom stereocenters. The molecule has 0 spiro atoms.